The number of imidazole rings is 1. The van der Waals surface area contributed by atoms with Crippen molar-refractivity contribution in [3.8, 4) is 11.4 Å². The van der Waals surface area contributed by atoms with Crippen molar-refractivity contribution in [3.63, 3.8) is 0 Å². The van der Waals surface area contributed by atoms with E-state index in [9.17, 15) is 4.79 Å². The molecule has 2 aromatic heterocycles. The van der Waals surface area contributed by atoms with Crippen molar-refractivity contribution in [3.05, 3.63) is 47.6 Å². The number of likely N-dealkylation sites (N-methyl/N-ethyl adjacent to an activating group) is 1. The normalized spacial score (nSPS) is 17.5. The van der Waals surface area contributed by atoms with Crippen LogP contribution in [0.1, 0.15) is 13.3 Å². The molecule has 1 unspecified atom stereocenters. The third kappa shape index (κ3) is 3.82. The summed E-state index contributed by atoms with van der Waals surface area (Å²) < 4.78 is 1.88. The van der Waals surface area contributed by atoms with E-state index in [4.69, 9.17) is 16.6 Å². The second-order valence-corrected chi connectivity index (χ2v) is 7.26. The summed E-state index contributed by atoms with van der Waals surface area (Å²) in [5.74, 6) is 0.704. The van der Waals surface area contributed by atoms with Gasteiger partial charge in [0.1, 0.15) is 17.9 Å². The Bertz CT molecular complexity index is 953. The van der Waals surface area contributed by atoms with E-state index in [1.165, 1.54) is 0 Å². The van der Waals surface area contributed by atoms with Gasteiger partial charge in [-0.3, -0.25) is 9.36 Å². The zero-order valence-electron chi connectivity index (χ0n) is 15.2. The number of pyridine rings is 1. The molecule has 140 valence electrons. The molecule has 1 aliphatic rings. The highest BCUT2D eigenvalue weighted by Crippen LogP contribution is 2.25. The number of aromatic nitrogens is 3. The van der Waals surface area contributed by atoms with Gasteiger partial charge in [0.15, 0.2) is 5.65 Å². The summed E-state index contributed by atoms with van der Waals surface area (Å²) in [7, 11) is 0. The standard InChI is InChI=1S/C20H22ClN5O/c1-2-25-11-9-16(12-25)23-18(27)13-26-19(14-5-7-15(21)8-6-14)24-17-4-3-10-22-20(17)26/h3-8,10,16H,2,9,11-13H2,1H3,(H,23,27). The highest BCUT2D eigenvalue weighted by atomic mass is 35.5. The van der Waals surface area contributed by atoms with Gasteiger partial charge in [0.25, 0.3) is 0 Å². The molecule has 0 bridgehead atoms. The molecule has 1 amide bonds. The minimum Gasteiger partial charge on any atom is -0.350 e. The third-order valence-corrected chi connectivity index (χ3v) is 5.24. The number of benzene rings is 1. The predicted octanol–water partition coefficient (Wildman–Crippen LogP) is 2.96. The second-order valence-electron chi connectivity index (χ2n) is 6.82. The van der Waals surface area contributed by atoms with Gasteiger partial charge in [-0.25, -0.2) is 9.97 Å². The first-order valence-corrected chi connectivity index (χ1v) is 9.60. The lowest BCUT2D eigenvalue weighted by Gasteiger charge is -2.15. The van der Waals surface area contributed by atoms with Crippen LogP contribution in [-0.2, 0) is 11.3 Å². The van der Waals surface area contributed by atoms with E-state index in [1.54, 1.807) is 6.20 Å². The molecule has 3 aromatic rings. The number of rotatable bonds is 5. The molecule has 0 saturated carbocycles. The average molecular weight is 384 g/mol. The Balaban J connectivity index is 1.61. The van der Waals surface area contributed by atoms with Crippen molar-refractivity contribution in [2.45, 2.75) is 25.9 Å². The van der Waals surface area contributed by atoms with Crippen molar-refractivity contribution in [1.29, 1.82) is 0 Å². The Morgan fingerprint density at radius 1 is 1.30 bits per heavy atom. The molecule has 0 radical (unpaired) electrons. The van der Waals surface area contributed by atoms with Crippen LogP contribution in [0.3, 0.4) is 0 Å². The van der Waals surface area contributed by atoms with Crippen molar-refractivity contribution in [1.82, 2.24) is 24.8 Å². The highest BCUT2D eigenvalue weighted by molar-refractivity contribution is 6.30. The first kappa shape index (κ1) is 17.9. The van der Waals surface area contributed by atoms with Crippen molar-refractivity contribution in [2.75, 3.05) is 19.6 Å². The molecule has 6 nitrogen and oxygen atoms in total. The molecule has 3 heterocycles. The number of likely N-dealkylation sites (tertiary alicyclic amines) is 1. The van der Waals surface area contributed by atoms with Gasteiger partial charge in [0.05, 0.1) is 0 Å². The molecule has 0 spiro atoms. The van der Waals surface area contributed by atoms with Gasteiger partial charge < -0.3 is 10.2 Å². The number of fused-ring (bicyclic) bond motifs is 1. The lowest BCUT2D eigenvalue weighted by molar-refractivity contribution is -0.122. The lowest BCUT2D eigenvalue weighted by atomic mass is 10.2. The fraction of sp³-hybridized carbons (Fsp3) is 0.350. The Morgan fingerprint density at radius 3 is 2.85 bits per heavy atom. The van der Waals surface area contributed by atoms with E-state index in [1.807, 2.05) is 41.0 Å². The van der Waals surface area contributed by atoms with Gasteiger partial charge in [0, 0.05) is 35.9 Å². The van der Waals surface area contributed by atoms with E-state index >= 15 is 0 Å². The SMILES string of the molecule is CCN1CCC(NC(=O)Cn2c(-c3ccc(Cl)cc3)nc3cccnc32)C1. The molecule has 1 atom stereocenters. The minimum atomic E-state index is -0.0156. The van der Waals surface area contributed by atoms with Gasteiger partial charge in [0.2, 0.25) is 5.91 Å². The maximum Gasteiger partial charge on any atom is 0.240 e. The number of carbonyl (C=O) groups is 1. The first-order valence-electron chi connectivity index (χ1n) is 9.23. The Labute approximate surface area is 163 Å². The monoisotopic (exact) mass is 383 g/mol. The molecule has 1 aliphatic heterocycles. The zero-order valence-corrected chi connectivity index (χ0v) is 16.0. The Kier molecular flexibility index (Phi) is 5.09. The van der Waals surface area contributed by atoms with Crippen LogP contribution in [0.2, 0.25) is 5.02 Å². The molecule has 1 N–H and O–H groups in total. The Morgan fingerprint density at radius 2 is 2.11 bits per heavy atom. The summed E-state index contributed by atoms with van der Waals surface area (Å²) in [5.41, 5.74) is 2.38. The van der Waals surface area contributed by atoms with Gasteiger partial charge in [-0.1, -0.05) is 18.5 Å². The van der Waals surface area contributed by atoms with E-state index in [2.05, 4.69) is 22.1 Å². The van der Waals surface area contributed by atoms with Gasteiger partial charge in [-0.2, -0.15) is 0 Å². The second kappa shape index (κ2) is 7.66. The number of nitrogens with one attached hydrogen (secondary N) is 1. The van der Waals surface area contributed by atoms with Crippen LogP contribution in [0.25, 0.3) is 22.6 Å². The molecule has 27 heavy (non-hydrogen) atoms. The molecule has 7 heteroatoms. The number of hydrogen-bond donors (Lipinski definition) is 1. The maximum absolute atomic E-state index is 12.7. The Hall–Kier alpha value is -2.44. The highest BCUT2D eigenvalue weighted by Gasteiger charge is 2.23. The predicted molar refractivity (Wildman–Crippen MR) is 107 cm³/mol. The number of carbonyl (C=O) groups excluding carboxylic acids is 1. The van der Waals surface area contributed by atoms with E-state index in [-0.39, 0.29) is 18.5 Å². The fourth-order valence-corrected chi connectivity index (χ4v) is 3.71. The van der Waals surface area contributed by atoms with Crippen LogP contribution in [0.15, 0.2) is 42.6 Å². The van der Waals surface area contributed by atoms with E-state index in [0.717, 1.165) is 43.0 Å². The quantitative estimate of drug-likeness (QED) is 0.735. The molecular formula is C20H22ClN5O. The summed E-state index contributed by atoms with van der Waals surface area (Å²) in [6, 6.07) is 11.4. The van der Waals surface area contributed by atoms with Crippen molar-refractivity contribution in [2.24, 2.45) is 0 Å². The van der Waals surface area contributed by atoms with Crippen molar-refractivity contribution < 1.29 is 4.79 Å². The molecular weight excluding hydrogens is 362 g/mol. The van der Waals surface area contributed by atoms with E-state index < -0.39 is 0 Å². The summed E-state index contributed by atoms with van der Waals surface area (Å²) in [6.45, 7) is 5.30. The van der Waals surface area contributed by atoms with Gasteiger partial charge in [-0.05, 0) is 49.4 Å². The summed E-state index contributed by atoms with van der Waals surface area (Å²) in [5, 5.41) is 3.82. The lowest BCUT2D eigenvalue weighted by Crippen LogP contribution is -2.39. The van der Waals surface area contributed by atoms with Crippen molar-refractivity contribution >= 4 is 28.7 Å². The molecule has 1 fully saturated rings. The van der Waals surface area contributed by atoms with E-state index in [0.29, 0.717) is 10.7 Å². The van der Waals surface area contributed by atoms with Gasteiger partial charge >= 0.3 is 0 Å². The number of hydrogen-bond acceptors (Lipinski definition) is 4. The number of halogens is 1. The summed E-state index contributed by atoms with van der Waals surface area (Å²) in [4.78, 5) is 24.2. The van der Waals surface area contributed by atoms with Crippen LogP contribution in [0, 0.1) is 0 Å². The molecule has 4 rings (SSSR count). The van der Waals surface area contributed by atoms with Crippen LogP contribution >= 0.6 is 11.6 Å². The van der Waals surface area contributed by atoms with Crippen LogP contribution in [0.5, 0.6) is 0 Å². The first-order chi connectivity index (χ1) is 13.1. The topological polar surface area (TPSA) is 63.1 Å². The fourth-order valence-electron chi connectivity index (χ4n) is 3.58. The van der Waals surface area contributed by atoms with Crippen LogP contribution in [0.4, 0.5) is 0 Å². The summed E-state index contributed by atoms with van der Waals surface area (Å²) in [6.07, 6.45) is 2.71. The number of nitrogens with zero attached hydrogens (tertiary/aromatic N) is 4. The third-order valence-electron chi connectivity index (χ3n) is 4.99. The molecule has 1 saturated heterocycles. The largest absolute Gasteiger partial charge is 0.350 e. The smallest absolute Gasteiger partial charge is 0.240 e. The summed E-state index contributed by atoms with van der Waals surface area (Å²) >= 11 is 6.01. The maximum atomic E-state index is 12.7. The van der Waals surface area contributed by atoms with Gasteiger partial charge in [-0.15, -0.1) is 0 Å². The zero-order chi connectivity index (χ0) is 18.8. The molecule has 0 aliphatic carbocycles. The van der Waals surface area contributed by atoms with Crippen LogP contribution < -0.4 is 5.32 Å². The average Bonchev–Trinajstić information content (AvgIpc) is 3.27. The minimum absolute atomic E-state index is 0.0156. The van der Waals surface area contributed by atoms with Crippen LogP contribution in [-0.4, -0.2) is 51.0 Å². The molecule has 1 aromatic carbocycles. The number of amides is 1.